The molecule has 0 aromatic rings. The summed E-state index contributed by atoms with van der Waals surface area (Å²) in [6, 6.07) is 0. The summed E-state index contributed by atoms with van der Waals surface area (Å²) in [6.07, 6.45) is 3.30. The average Bonchev–Trinajstić information content (AvgIpc) is 2.67. The highest BCUT2D eigenvalue weighted by Crippen LogP contribution is 2.59. The van der Waals surface area contributed by atoms with Crippen molar-refractivity contribution in [3.63, 3.8) is 0 Å². The lowest BCUT2D eigenvalue weighted by Gasteiger charge is -2.24. The molecule has 2 aliphatic rings. The molecule has 1 saturated carbocycles. The molecule has 17 heavy (non-hydrogen) atoms. The Balaban J connectivity index is 1.85. The molecule has 0 aromatic heterocycles. The van der Waals surface area contributed by atoms with Crippen molar-refractivity contribution in [3.8, 4) is 0 Å². The number of hydrogen-bond donors (Lipinski definition) is 1. The van der Waals surface area contributed by atoms with Gasteiger partial charge in [0.25, 0.3) is 0 Å². The fourth-order valence-corrected chi connectivity index (χ4v) is 2.92. The van der Waals surface area contributed by atoms with Crippen molar-refractivity contribution in [1.82, 2.24) is 4.90 Å². The van der Waals surface area contributed by atoms with E-state index in [2.05, 4.69) is 0 Å². The molecular formula is C13H24N2O2. The van der Waals surface area contributed by atoms with Gasteiger partial charge in [-0.1, -0.05) is 0 Å². The van der Waals surface area contributed by atoms with E-state index in [1.807, 2.05) is 25.7 Å². The number of nitrogens with two attached hydrogens (primary N) is 1. The lowest BCUT2D eigenvalue weighted by molar-refractivity contribution is 0.0284. The molecule has 0 bridgehead atoms. The summed E-state index contributed by atoms with van der Waals surface area (Å²) < 4.78 is 5.40. The molecule has 4 nitrogen and oxygen atoms in total. The van der Waals surface area contributed by atoms with E-state index >= 15 is 0 Å². The third kappa shape index (κ3) is 2.73. The second-order valence-electron chi connectivity index (χ2n) is 6.49. The Morgan fingerprint density at radius 1 is 1.53 bits per heavy atom. The number of nitrogens with zero attached hydrogens (tertiary/aromatic N) is 1. The van der Waals surface area contributed by atoms with Crippen molar-refractivity contribution in [1.29, 1.82) is 0 Å². The van der Waals surface area contributed by atoms with Crippen LogP contribution in [0, 0.1) is 11.3 Å². The topological polar surface area (TPSA) is 55.6 Å². The molecule has 1 aliphatic heterocycles. The molecule has 1 aliphatic carbocycles. The first-order valence-corrected chi connectivity index (χ1v) is 6.54. The predicted molar refractivity (Wildman–Crippen MR) is 66.6 cm³/mol. The van der Waals surface area contributed by atoms with Crippen LogP contribution >= 0.6 is 0 Å². The fourth-order valence-electron chi connectivity index (χ4n) is 2.92. The van der Waals surface area contributed by atoms with Crippen LogP contribution in [0.15, 0.2) is 0 Å². The molecular weight excluding hydrogens is 216 g/mol. The number of hydrogen-bond acceptors (Lipinski definition) is 3. The van der Waals surface area contributed by atoms with E-state index in [0.29, 0.717) is 5.41 Å². The fraction of sp³-hybridized carbons (Fsp3) is 0.923. The lowest BCUT2D eigenvalue weighted by Crippen LogP contribution is -2.35. The largest absolute Gasteiger partial charge is 0.444 e. The maximum absolute atomic E-state index is 11.9. The SMILES string of the molecule is CC(C)(C)OC(=O)N1CCC2(CC2CCN)C1. The number of likely N-dealkylation sites (tertiary alicyclic amines) is 1. The lowest BCUT2D eigenvalue weighted by atomic mass is 10.0. The first-order chi connectivity index (χ1) is 7.86. The maximum atomic E-state index is 11.9. The predicted octanol–water partition coefficient (Wildman–Crippen LogP) is 1.98. The number of carbonyl (C=O) groups is 1. The van der Waals surface area contributed by atoms with Gasteiger partial charge < -0.3 is 15.4 Å². The van der Waals surface area contributed by atoms with Crippen LogP contribution < -0.4 is 5.73 Å². The standard InChI is InChI=1S/C13H24N2O2/c1-12(2,3)17-11(16)15-7-5-13(9-15)8-10(13)4-6-14/h10H,4-9,14H2,1-3H3. The van der Waals surface area contributed by atoms with E-state index in [1.165, 1.54) is 6.42 Å². The van der Waals surface area contributed by atoms with Crippen molar-refractivity contribution in [2.75, 3.05) is 19.6 Å². The van der Waals surface area contributed by atoms with Gasteiger partial charge in [0.1, 0.15) is 5.60 Å². The highest BCUT2D eigenvalue weighted by Gasteiger charge is 2.57. The van der Waals surface area contributed by atoms with E-state index in [1.54, 1.807) is 0 Å². The van der Waals surface area contributed by atoms with Crippen molar-refractivity contribution >= 4 is 6.09 Å². The van der Waals surface area contributed by atoms with Crippen molar-refractivity contribution in [2.45, 2.75) is 45.6 Å². The second-order valence-corrected chi connectivity index (χ2v) is 6.49. The van der Waals surface area contributed by atoms with Crippen LogP contribution in [0.3, 0.4) is 0 Å². The summed E-state index contributed by atoms with van der Waals surface area (Å²) in [7, 11) is 0. The summed E-state index contributed by atoms with van der Waals surface area (Å²) in [6.45, 7) is 8.20. The van der Waals surface area contributed by atoms with Gasteiger partial charge in [-0.05, 0) is 57.9 Å². The van der Waals surface area contributed by atoms with Crippen LogP contribution in [-0.4, -0.2) is 36.2 Å². The first-order valence-electron chi connectivity index (χ1n) is 6.54. The number of amides is 1. The number of ether oxygens (including phenoxy) is 1. The molecule has 1 amide bonds. The zero-order chi connectivity index (χ0) is 12.7. The summed E-state index contributed by atoms with van der Waals surface area (Å²) in [4.78, 5) is 13.8. The Morgan fingerprint density at radius 2 is 2.24 bits per heavy atom. The molecule has 2 fully saturated rings. The molecule has 2 rings (SSSR count). The molecule has 1 spiro atoms. The summed E-state index contributed by atoms with van der Waals surface area (Å²) in [5, 5.41) is 0. The minimum atomic E-state index is -0.396. The average molecular weight is 240 g/mol. The summed E-state index contributed by atoms with van der Waals surface area (Å²) in [5.74, 6) is 0.736. The maximum Gasteiger partial charge on any atom is 0.410 e. The van der Waals surface area contributed by atoms with Gasteiger partial charge in [0.05, 0.1) is 0 Å². The molecule has 2 unspecified atom stereocenters. The highest BCUT2D eigenvalue weighted by molar-refractivity contribution is 5.68. The normalized spacial score (nSPS) is 32.0. The molecule has 1 saturated heterocycles. The highest BCUT2D eigenvalue weighted by atomic mass is 16.6. The molecule has 1 heterocycles. The van der Waals surface area contributed by atoms with Gasteiger partial charge >= 0.3 is 6.09 Å². The van der Waals surface area contributed by atoms with Crippen LogP contribution in [0.5, 0.6) is 0 Å². The molecule has 2 atom stereocenters. The van der Waals surface area contributed by atoms with Crippen LogP contribution in [0.1, 0.15) is 40.0 Å². The number of carbonyl (C=O) groups excluding carboxylic acids is 1. The molecule has 4 heteroatoms. The molecule has 0 aromatic carbocycles. The zero-order valence-corrected chi connectivity index (χ0v) is 11.2. The van der Waals surface area contributed by atoms with E-state index in [0.717, 1.165) is 38.4 Å². The summed E-state index contributed by atoms with van der Waals surface area (Å²) in [5.41, 5.74) is 5.58. The summed E-state index contributed by atoms with van der Waals surface area (Å²) >= 11 is 0. The minimum Gasteiger partial charge on any atom is -0.444 e. The van der Waals surface area contributed by atoms with Gasteiger partial charge in [-0.2, -0.15) is 0 Å². The van der Waals surface area contributed by atoms with Gasteiger partial charge in [-0.15, -0.1) is 0 Å². The molecule has 2 N–H and O–H groups in total. The van der Waals surface area contributed by atoms with Gasteiger partial charge in [-0.3, -0.25) is 0 Å². The third-order valence-electron chi connectivity index (χ3n) is 3.91. The third-order valence-corrected chi connectivity index (χ3v) is 3.91. The van der Waals surface area contributed by atoms with Crippen molar-refractivity contribution < 1.29 is 9.53 Å². The van der Waals surface area contributed by atoms with Gasteiger partial charge in [0.2, 0.25) is 0 Å². The smallest absolute Gasteiger partial charge is 0.410 e. The zero-order valence-electron chi connectivity index (χ0n) is 11.2. The van der Waals surface area contributed by atoms with E-state index in [-0.39, 0.29) is 6.09 Å². The Morgan fingerprint density at radius 3 is 2.82 bits per heavy atom. The van der Waals surface area contributed by atoms with Crippen molar-refractivity contribution in [2.24, 2.45) is 17.1 Å². The Kier molecular flexibility index (Phi) is 3.10. The van der Waals surface area contributed by atoms with Gasteiger partial charge in [-0.25, -0.2) is 4.79 Å². The van der Waals surface area contributed by atoms with Crippen LogP contribution in [0.25, 0.3) is 0 Å². The van der Waals surface area contributed by atoms with E-state index < -0.39 is 5.60 Å². The van der Waals surface area contributed by atoms with E-state index in [9.17, 15) is 4.79 Å². The van der Waals surface area contributed by atoms with Crippen LogP contribution in [-0.2, 0) is 4.74 Å². The quantitative estimate of drug-likeness (QED) is 0.803. The number of rotatable bonds is 2. The van der Waals surface area contributed by atoms with Gasteiger partial charge in [0.15, 0.2) is 0 Å². The van der Waals surface area contributed by atoms with E-state index in [4.69, 9.17) is 10.5 Å². The van der Waals surface area contributed by atoms with Crippen LogP contribution in [0.2, 0.25) is 0 Å². The Hall–Kier alpha value is -0.770. The van der Waals surface area contributed by atoms with Crippen LogP contribution in [0.4, 0.5) is 4.79 Å². The van der Waals surface area contributed by atoms with Crippen molar-refractivity contribution in [3.05, 3.63) is 0 Å². The first kappa shape index (κ1) is 12.7. The minimum absolute atomic E-state index is 0.159. The molecule has 98 valence electrons. The van der Waals surface area contributed by atoms with Gasteiger partial charge in [0, 0.05) is 13.1 Å². The molecule has 0 radical (unpaired) electrons. The monoisotopic (exact) mass is 240 g/mol. The Bertz CT molecular complexity index is 311. The second kappa shape index (κ2) is 4.16. The Labute approximate surface area is 103 Å².